The van der Waals surface area contributed by atoms with E-state index in [1.54, 1.807) is 0 Å². The van der Waals surface area contributed by atoms with E-state index < -0.39 is 12.8 Å². The average Bonchev–Trinajstić information content (AvgIpc) is 2.41. The highest BCUT2D eigenvalue weighted by Gasteiger charge is 2.29. The molecule has 1 aliphatic carbocycles. The molecule has 3 nitrogen and oxygen atoms in total. The standard InChI is InChI=1S/C10H15F3N2O/c11-10(12,13)7-16-15-9-5-3-1-2-4-8(9)6-14/h8-9,15H,1-5,7H2. The molecule has 2 atom stereocenters. The molecule has 1 rings (SSSR count). The van der Waals surface area contributed by atoms with E-state index in [1.807, 2.05) is 0 Å². The first-order valence-electron chi connectivity index (χ1n) is 5.36. The van der Waals surface area contributed by atoms with E-state index in [0.29, 0.717) is 6.42 Å². The Bertz CT molecular complexity index is 249. The molecule has 1 saturated carbocycles. The van der Waals surface area contributed by atoms with Gasteiger partial charge in [-0.3, -0.25) is 4.84 Å². The van der Waals surface area contributed by atoms with Crippen molar-refractivity contribution in [2.45, 2.75) is 44.3 Å². The molecular formula is C10H15F3N2O. The minimum atomic E-state index is -4.33. The summed E-state index contributed by atoms with van der Waals surface area (Å²) >= 11 is 0. The van der Waals surface area contributed by atoms with Gasteiger partial charge in [0.15, 0.2) is 6.61 Å². The minimum absolute atomic E-state index is 0.254. The number of alkyl halides is 3. The first-order valence-corrected chi connectivity index (χ1v) is 5.36. The van der Waals surface area contributed by atoms with Gasteiger partial charge in [-0.05, 0) is 12.8 Å². The van der Waals surface area contributed by atoms with Gasteiger partial charge in [-0.25, -0.2) is 0 Å². The maximum atomic E-state index is 11.8. The van der Waals surface area contributed by atoms with Crippen molar-refractivity contribution in [3.63, 3.8) is 0 Å². The van der Waals surface area contributed by atoms with Crippen LogP contribution in [0, 0.1) is 17.2 Å². The second-order valence-corrected chi connectivity index (χ2v) is 4.00. The lowest BCUT2D eigenvalue weighted by Gasteiger charge is -2.20. The highest BCUT2D eigenvalue weighted by molar-refractivity contribution is 4.92. The number of hydroxylamine groups is 1. The van der Waals surface area contributed by atoms with E-state index in [2.05, 4.69) is 16.4 Å². The zero-order valence-corrected chi connectivity index (χ0v) is 8.89. The number of rotatable bonds is 3. The molecular weight excluding hydrogens is 221 g/mol. The molecule has 1 N–H and O–H groups in total. The van der Waals surface area contributed by atoms with Crippen LogP contribution in [0.4, 0.5) is 13.2 Å². The third-order valence-corrected chi connectivity index (χ3v) is 2.65. The van der Waals surface area contributed by atoms with E-state index >= 15 is 0 Å². The summed E-state index contributed by atoms with van der Waals surface area (Å²) in [5, 5.41) is 8.88. The van der Waals surface area contributed by atoms with Crippen LogP contribution >= 0.6 is 0 Å². The summed E-state index contributed by atoms with van der Waals surface area (Å²) in [6.45, 7) is -1.32. The summed E-state index contributed by atoms with van der Waals surface area (Å²) in [5.74, 6) is -0.254. The third kappa shape index (κ3) is 4.81. The lowest BCUT2D eigenvalue weighted by Crippen LogP contribution is -2.37. The largest absolute Gasteiger partial charge is 0.413 e. The number of nitrogens with one attached hydrogen (secondary N) is 1. The molecule has 0 heterocycles. The van der Waals surface area contributed by atoms with Crippen molar-refractivity contribution in [2.75, 3.05) is 6.61 Å². The number of nitrogens with zero attached hydrogens (tertiary/aromatic N) is 1. The first-order chi connectivity index (χ1) is 7.53. The summed E-state index contributed by atoms with van der Waals surface area (Å²) in [5.41, 5.74) is 2.38. The fraction of sp³-hybridized carbons (Fsp3) is 0.900. The smallest absolute Gasteiger partial charge is 0.292 e. The van der Waals surface area contributed by atoms with Crippen LogP contribution in [0.1, 0.15) is 32.1 Å². The van der Waals surface area contributed by atoms with Crippen LogP contribution < -0.4 is 5.48 Å². The second kappa shape index (κ2) is 6.06. The Morgan fingerprint density at radius 2 is 1.94 bits per heavy atom. The molecule has 0 aromatic heterocycles. The van der Waals surface area contributed by atoms with Crippen molar-refractivity contribution >= 4 is 0 Å². The van der Waals surface area contributed by atoms with Gasteiger partial charge in [-0.1, -0.05) is 19.3 Å². The van der Waals surface area contributed by atoms with Gasteiger partial charge in [0, 0.05) is 6.04 Å². The molecule has 1 aliphatic rings. The highest BCUT2D eigenvalue weighted by Crippen LogP contribution is 2.23. The molecule has 2 unspecified atom stereocenters. The molecule has 6 heteroatoms. The minimum Gasteiger partial charge on any atom is -0.292 e. The zero-order chi connectivity index (χ0) is 12.0. The summed E-state index contributed by atoms with van der Waals surface area (Å²) in [7, 11) is 0. The summed E-state index contributed by atoms with van der Waals surface area (Å²) < 4.78 is 35.5. The third-order valence-electron chi connectivity index (χ3n) is 2.65. The van der Waals surface area contributed by atoms with Crippen LogP contribution in [-0.2, 0) is 4.84 Å². The molecule has 1 fully saturated rings. The SMILES string of the molecule is N#CC1CCCCCC1NOCC(F)(F)F. The Balaban J connectivity index is 2.35. The summed E-state index contributed by atoms with van der Waals surface area (Å²) in [6.07, 6.45) is -0.0178. The van der Waals surface area contributed by atoms with Crippen molar-refractivity contribution in [1.82, 2.24) is 5.48 Å². The van der Waals surface area contributed by atoms with Crippen LogP contribution in [0.5, 0.6) is 0 Å². The van der Waals surface area contributed by atoms with Crippen LogP contribution in [0.3, 0.4) is 0 Å². The molecule has 0 aromatic rings. The zero-order valence-electron chi connectivity index (χ0n) is 8.89. The maximum Gasteiger partial charge on any atom is 0.413 e. The topological polar surface area (TPSA) is 45.0 Å². The van der Waals surface area contributed by atoms with Gasteiger partial charge in [0.2, 0.25) is 0 Å². The van der Waals surface area contributed by atoms with Gasteiger partial charge < -0.3 is 0 Å². The summed E-state index contributed by atoms with van der Waals surface area (Å²) in [6, 6.07) is 1.84. The van der Waals surface area contributed by atoms with Gasteiger partial charge in [0.25, 0.3) is 0 Å². The molecule has 0 bridgehead atoms. The molecule has 92 valence electrons. The van der Waals surface area contributed by atoms with Crippen molar-refractivity contribution < 1.29 is 18.0 Å². The van der Waals surface area contributed by atoms with E-state index in [1.165, 1.54) is 0 Å². The Morgan fingerprint density at radius 1 is 1.25 bits per heavy atom. The van der Waals surface area contributed by atoms with Crippen LogP contribution in [-0.4, -0.2) is 18.8 Å². The van der Waals surface area contributed by atoms with Gasteiger partial charge in [0.05, 0.1) is 12.0 Å². The van der Waals surface area contributed by atoms with Crippen molar-refractivity contribution in [2.24, 2.45) is 5.92 Å². The van der Waals surface area contributed by atoms with E-state index in [4.69, 9.17) is 5.26 Å². The number of hydrogen-bond acceptors (Lipinski definition) is 3. The molecule has 0 aromatic carbocycles. The lowest BCUT2D eigenvalue weighted by molar-refractivity contribution is -0.194. The first kappa shape index (κ1) is 13.3. The van der Waals surface area contributed by atoms with Gasteiger partial charge in [-0.2, -0.15) is 23.9 Å². The maximum absolute atomic E-state index is 11.8. The normalized spacial score (nSPS) is 27.1. The summed E-state index contributed by atoms with van der Waals surface area (Å²) in [4.78, 5) is 4.40. The Kier molecular flexibility index (Phi) is 5.03. The van der Waals surface area contributed by atoms with Gasteiger partial charge in [0.1, 0.15) is 0 Å². The molecule has 16 heavy (non-hydrogen) atoms. The van der Waals surface area contributed by atoms with Gasteiger partial charge >= 0.3 is 6.18 Å². The number of nitriles is 1. The average molecular weight is 236 g/mol. The quantitative estimate of drug-likeness (QED) is 0.605. The van der Waals surface area contributed by atoms with Crippen LogP contribution in [0.25, 0.3) is 0 Å². The fourth-order valence-electron chi connectivity index (χ4n) is 1.83. The predicted octanol–water partition coefficient (Wildman–Crippen LogP) is 2.54. The monoisotopic (exact) mass is 236 g/mol. The van der Waals surface area contributed by atoms with Crippen molar-refractivity contribution in [1.29, 1.82) is 5.26 Å². The van der Waals surface area contributed by atoms with Gasteiger partial charge in [-0.15, -0.1) is 0 Å². The fourth-order valence-corrected chi connectivity index (χ4v) is 1.83. The molecule has 0 spiro atoms. The second-order valence-electron chi connectivity index (χ2n) is 4.00. The Morgan fingerprint density at radius 3 is 2.56 bits per heavy atom. The Hall–Kier alpha value is -0.800. The van der Waals surface area contributed by atoms with Crippen molar-refractivity contribution in [3.8, 4) is 6.07 Å². The number of halogens is 3. The van der Waals surface area contributed by atoms with E-state index in [0.717, 1.165) is 25.7 Å². The molecule has 0 amide bonds. The molecule has 0 radical (unpaired) electrons. The Labute approximate surface area is 92.5 Å². The van der Waals surface area contributed by atoms with Crippen molar-refractivity contribution in [3.05, 3.63) is 0 Å². The lowest BCUT2D eigenvalue weighted by atomic mass is 9.97. The molecule has 0 saturated heterocycles. The van der Waals surface area contributed by atoms with Crippen LogP contribution in [0.2, 0.25) is 0 Å². The highest BCUT2D eigenvalue weighted by atomic mass is 19.4. The van der Waals surface area contributed by atoms with E-state index in [9.17, 15) is 13.2 Å². The van der Waals surface area contributed by atoms with Crippen LogP contribution in [0.15, 0.2) is 0 Å². The van der Waals surface area contributed by atoms with E-state index in [-0.39, 0.29) is 12.0 Å². The number of hydrogen-bond donors (Lipinski definition) is 1. The molecule has 0 aliphatic heterocycles. The predicted molar refractivity (Wildman–Crippen MR) is 51.1 cm³/mol.